The Kier molecular flexibility index (Phi) is 4.95. The summed E-state index contributed by atoms with van der Waals surface area (Å²) >= 11 is 1.68. The number of piperidine rings is 1. The highest BCUT2D eigenvalue weighted by Gasteiger charge is 2.20. The molecule has 0 unspecified atom stereocenters. The molecule has 4 rings (SSSR count). The molecule has 0 saturated carbocycles. The summed E-state index contributed by atoms with van der Waals surface area (Å²) in [6.07, 6.45) is 3.58. The molecule has 130 valence electrons. The Morgan fingerprint density at radius 2 is 2.00 bits per heavy atom. The lowest BCUT2D eigenvalue weighted by Crippen LogP contribution is -2.39. The molecule has 1 saturated heterocycles. The second-order valence-electron chi connectivity index (χ2n) is 6.69. The number of likely N-dealkylation sites (tertiary alicyclic amines) is 1. The highest BCUT2D eigenvalue weighted by Crippen LogP contribution is 2.27. The van der Waals surface area contributed by atoms with Crippen molar-refractivity contribution < 1.29 is 0 Å². The van der Waals surface area contributed by atoms with E-state index in [-0.39, 0.29) is 0 Å². The molecule has 1 fully saturated rings. The Balaban J connectivity index is 1.60. The summed E-state index contributed by atoms with van der Waals surface area (Å²) in [6, 6.07) is 10.9. The molecule has 0 amide bonds. The normalized spacial score (nSPS) is 16.4. The molecule has 0 spiro atoms. The van der Waals surface area contributed by atoms with Gasteiger partial charge in [0.05, 0.1) is 5.52 Å². The van der Waals surface area contributed by atoms with Crippen LogP contribution in [0.3, 0.4) is 0 Å². The van der Waals surface area contributed by atoms with E-state index in [1.807, 2.05) is 6.07 Å². The number of hydrogen-bond donors (Lipinski definition) is 1. The minimum absolute atomic E-state index is 0.488. The van der Waals surface area contributed by atoms with Crippen LogP contribution in [0.2, 0.25) is 0 Å². The van der Waals surface area contributed by atoms with Gasteiger partial charge in [-0.3, -0.25) is 0 Å². The van der Waals surface area contributed by atoms with E-state index in [2.05, 4.69) is 52.2 Å². The maximum absolute atomic E-state index is 4.86. The molecule has 1 aromatic carbocycles. The summed E-state index contributed by atoms with van der Waals surface area (Å²) < 4.78 is 0. The third kappa shape index (κ3) is 3.67. The first-order chi connectivity index (χ1) is 12.3. The van der Waals surface area contributed by atoms with Gasteiger partial charge >= 0.3 is 0 Å². The molecular weight excluding hydrogens is 328 g/mol. The summed E-state index contributed by atoms with van der Waals surface area (Å²) in [5.74, 6) is 1.78. The van der Waals surface area contributed by atoms with Crippen LogP contribution in [-0.4, -0.2) is 40.5 Å². The van der Waals surface area contributed by atoms with Gasteiger partial charge in [-0.25, -0.2) is 9.97 Å². The van der Waals surface area contributed by atoms with Crippen molar-refractivity contribution in [3.8, 4) is 11.4 Å². The van der Waals surface area contributed by atoms with Crippen molar-refractivity contribution in [2.45, 2.75) is 32.2 Å². The Labute approximate surface area is 152 Å². The molecule has 4 nitrogen and oxygen atoms in total. The zero-order valence-electron chi connectivity index (χ0n) is 14.6. The van der Waals surface area contributed by atoms with E-state index in [4.69, 9.17) is 9.97 Å². The predicted octanol–water partition coefficient (Wildman–Crippen LogP) is 4.64. The topological polar surface area (TPSA) is 41.0 Å². The van der Waals surface area contributed by atoms with Crippen LogP contribution in [0, 0.1) is 0 Å². The number of rotatable bonds is 5. The fourth-order valence-corrected chi connectivity index (χ4v) is 4.15. The zero-order chi connectivity index (χ0) is 17.1. The first-order valence-electron chi connectivity index (χ1n) is 9.11. The molecule has 0 bridgehead atoms. The largest absolute Gasteiger partial charge is 0.367 e. The standard InChI is InChI=1S/C20H24N4S/c1-2-10-24-11-7-16(8-12-24)21-20-17-5-3-4-6-18(17)22-19(23-20)15-9-13-25-14-15/h3-6,9,13-14,16H,2,7-8,10-12H2,1H3,(H,21,22,23). The molecular formula is C20H24N4S. The van der Waals surface area contributed by atoms with E-state index >= 15 is 0 Å². The van der Waals surface area contributed by atoms with Gasteiger partial charge in [0, 0.05) is 35.5 Å². The molecule has 3 aromatic rings. The lowest BCUT2D eigenvalue weighted by atomic mass is 10.0. The van der Waals surface area contributed by atoms with Gasteiger partial charge in [-0.1, -0.05) is 19.1 Å². The van der Waals surface area contributed by atoms with Crippen LogP contribution in [0.15, 0.2) is 41.1 Å². The van der Waals surface area contributed by atoms with Crippen molar-refractivity contribution in [3.63, 3.8) is 0 Å². The van der Waals surface area contributed by atoms with Crippen LogP contribution in [-0.2, 0) is 0 Å². The Hall–Kier alpha value is -1.98. The fraction of sp³-hybridized carbons (Fsp3) is 0.400. The first-order valence-corrected chi connectivity index (χ1v) is 10.1. The summed E-state index contributed by atoms with van der Waals surface area (Å²) in [5.41, 5.74) is 2.10. The maximum Gasteiger partial charge on any atom is 0.162 e. The number of hydrogen-bond acceptors (Lipinski definition) is 5. The maximum atomic E-state index is 4.86. The van der Waals surface area contributed by atoms with Crippen LogP contribution in [0.5, 0.6) is 0 Å². The second-order valence-corrected chi connectivity index (χ2v) is 7.47. The van der Waals surface area contributed by atoms with Crippen molar-refractivity contribution in [1.29, 1.82) is 0 Å². The van der Waals surface area contributed by atoms with E-state index < -0.39 is 0 Å². The molecule has 2 aromatic heterocycles. The summed E-state index contributed by atoms with van der Waals surface area (Å²) in [5, 5.41) is 9.01. The molecule has 0 radical (unpaired) electrons. The predicted molar refractivity (Wildman–Crippen MR) is 106 cm³/mol. The van der Waals surface area contributed by atoms with Crippen LogP contribution < -0.4 is 5.32 Å². The lowest BCUT2D eigenvalue weighted by molar-refractivity contribution is 0.219. The number of nitrogens with zero attached hydrogens (tertiary/aromatic N) is 3. The number of nitrogens with one attached hydrogen (secondary N) is 1. The van der Waals surface area contributed by atoms with Crippen LogP contribution in [0.25, 0.3) is 22.3 Å². The van der Waals surface area contributed by atoms with Crippen LogP contribution in [0.4, 0.5) is 5.82 Å². The van der Waals surface area contributed by atoms with Crippen molar-refractivity contribution in [2.75, 3.05) is 25.0 Å². The minimum atomic E-state index is 0.488. The summed E-state index contributed by atoms with van der Waals surface area (Å²) in [4.78, 5) is 12.2. The number of fused-ring (bicyclic) bond motifs is 1. The zero-order valence-corrected chi connectivity index (χ0v) is 15.4. The minimum Gasteiger partial charge on any atom is -0.367 e. The van der Waals surface area contributed by atoms with Gasteiger partial charge in [-0.15, -0.1) is 0 Å². The fourth-order valence-electron chi connectivity index (χ4n) is 3.52. The Morgan fingerprint density at radius 1 is 1.16 bits per heavy atom. The molecule has 3 heterocycles. The van der Waals surface area contributed by atoms with Gasteiger partial charge in [0.2, 0.25) is 0 Å². The Morgan fingerprint density at radius 3 is 2.76 bits per heavy atom. The van der Waals surface area contributed by atoms with Gasteiger partial charge in [-0.2, -0.15) is 11.3 Å². The average molecular weight is 353 g/mol. The molecule has 1 aliphatic heterocycles. The van der Waals surface area contributed by atoms with Crippen LogP contribution >= 0.6 is 11.3 Å². The SMILES string of the molecule is CCCN1CCC(Nc2nc(-c3ccsc3)nc3ccccc23)CC1. The van der Waals surface area contributed by atoms with Crippen LogP contribution in [0.1, 0.15) is 26.2 Å². The van der Waals surface area contributed by atoms with Gasteiger partial charge in [0.15, 0.2) is 5.82 Å². The molecule has 25 heavy (non-hydrogen) atoms. The summed E-state index contributed by atoms with van der Waals surface area (Å²) in [7, 11) is 0. The Bertz CT molecular complexity index is 823. The highest BCUT2D eigenvalue weighted by atomic mass is 32.1. The average Bonchev–Trinajstić information content (AvgIpc) is 3.18. The van der Waals surface area contributed by atoms with E-state index in [1.54, 1.807) is 11.3 Å². The first kappa shape index (κ1) is 16.5. The smallest absolute Gasteiger partial charge is 0.162 e. The second kappa shape index (κ2) is 7.50. The third-order valence-electron chi connectivity index (χ3n) is 4.85. The number of benzene rings is 1. The van der Waals surface area contributed by atoms with E-state index in [1.165, 1.54) is 38.9 Å². The van der Waals surface area contributed by atoms with Crippen molar-refractivity contribution in [3.05, 3.63) is 41.1 Å². The number of anilines is 1. The highest BCUT2D eigenvalue weighted by molar-refractivity contribution is 7.08. The van der Waals surface area contributed by atoms with Crippen molar-refractivity contribution in [1.82, 2.24) is 14.9 Å². The number of para-hydroxylation sites is 1. The lowest BCUT2D eigenvalue weighted by Gasteiger charge is -2.32. The van der Waals surface area contributed by atoms with Gasteiger partial charge < -0.3 is 10.2 Å². The quantitative estimate of drug-likeness (QED) is 0.726. The van der Waals surface area contributed by atoms with E-state index in [9.17, 15) is 0 Å². The molecule has 1 N–H and O–H groups in total. The summed E-state index contributed by atoms with van der Waals surface area (Å²) in [6.45, 7) is 5.81. The van der Waals surface area contributed by atoms with E-state index in [0.717, 1.165) is 28.1 Å². The van der Waals surface area contributed by atoms with Crippen molar-refractivity contribution in [2.24, 2.45) is 0 Å². The molecule has 0 aliphatic carbocycles. The monoisotopic (exact) mass is 352 g/mol. The van der Waals surface area contributed by atoms with Gasteiger partial charge in [0.1, 0.15) is 5.82 Å². The van der Waals surface area contributed by atoms with Gasteiger partial charge in [0.25, 0.3) is 0 Å². The molecule has 1 aliphatic rings. The molecule has 0 atom stereocenters. The third-order valence-corrected chi connectivity index (χ3v) is 5.53. The van der Waals surface area contributed by atoms with Gasteiger partial charge in [-0.05, 0) is 49.4 Å². The van der Waals surface area contributed by atoms with Crippen molar-refractivity contribution >= 4 is 28.1 Å². The van der Waals surface area contributed by atoms with E-state index in [0.29, 0.717) is 6.04 Å². The number of aromatic nitrogens is 2. The number of thiophene rings is 1. The molecule has 5 heteroatoms.